The van der Waals surface area contributed by atoms with Crippen LogP contribution in [0.4, 0.5) is 13.2 Å². The Morgan fingerprint density at radius 1 is 1.15 bits per heavy atom. The van der Waals surface area contributed by atoms with Gasteiger partial charge in [0.25, 0.3) is 10.0 Å². The molecule has 0 aliphatic heterocycles. The molecule has 0 unspecified atom stereocenters. The Hall–Kier alpha value is -2.04. The van der Waals surface area contributed by atoms with Gasteiger partial charge in [0.15, 0.2) is 0 Å². The number of halogens is 3. The van der Waals surface area contributed by atoms with Gasteiger partial charge >= 0.3 is 12.1 Å². The average molecular weight is 419 g/mol. The molecule has 0 bridgehead atoms. The molecule has 0 aliphatic rings. The molecule has 0 atom stereocenters. The van der Waals surface area contributed by atoms with Crippen LogP contribution in [0.15, 0.2) is 52.3 Å². The monoisotopic (exact) mass is 419 g/mol. The molecule has 0 aromatic heterocycles. The molecule has 2 rings (SSSR count). The maximum Gasteiger partial charge on any atom is 0.416 e. The first-order chi connectivity index (χ1) is 12.5. The number of carboxylic acid groups (broad SMARTS) is 1. The van der Waals surface area contributed by atoms with E-state index in [0.717, 1.165) is 33.9 Å². The van der Waals surface area contributed by atoms with Crippen molar-refractivity contribution in [3.05, 3.63) is 59.2 Å². The molecule has 0 aliphatic carbocycles. The summed E-state index contributed by atoms with van der Waals surface area (Å²) in [5.41, 5.74) is -0.547. The second-order valence-corrected chi connectivity index (χ2v) is 8.71. The van der Waals surface area contributed by atoms with Crippen LogP contribution < -0.4 is 0 Å². The third-order valence-electron chi connectivity index (χ3n) is 3.65. The molecule has 1 N–H and O–H groups in total. The number of carbonyl (C=O) groups is 1. The van der Waals surface area contributed by atoms with E-state index in [1.54, 1.807) is 13.8 Å². The lowest BCUT2D eigenvalue weighted by atomic mass is 10.1. The lowest BCUT2D eigenvalue weighted by Crippen LogP contribution is -2.24. The number of sulfonamides is 1. The minimum absolute atomic E-state index is 0.0320. The zero-order valence-corrected chi connectivity index (χ0v) is 16.0. The van der Waals surface area contributed by atoms with Gasteiger partial charge in [-0.25, -0.2) is 13.2 Å². The minimum Gasteiger partial charge on any atom is -0.478 e. The van der Waals surface area contributed by atoms with Crippen LogP contribution in [-0.2, 0) is 16.2 Å². The summed E-state index contributed by atoms with van der Waals surface area (Å²) in [5, 5.41) is 9.17. The summed E-state index contributed by atoms with van der Waals surface area (Å²) < 4.78 is 64.5. The van der Waals surface area contributed by atoms with E-state index in [1.165, 1.54) is 24.3 Å². The maximum atomic E-state index is 12.8. The standard InChI is InChI=1S/C17H16F3NO4S2/c1-3-21(26-13-7-5-12(6-8-13)17(18,19)20)27(24,25)14-9-4-11(2)15(10-14)16(22)23/h4-10H,3H2,1-2H3,(H,22,23). The maximum absolute atomic E-state index is 12.8. The lowest BCUT2D eigenvalue weighted by molar-refractivity contribution is -0.137. The second-order valence-electron chi connectivity index (χ2n) is 5.52. The van der Waals surface area contributed by atoms with Gasteiger partial charge in [-0.2, -0.15) is 13.2 Å². The van der Waals surface area contributed by atoms with Gasteiger partial charge in [-0.1, -0.05) is 13.0 Å². The van der Waals surface area contributed by atoms with Crippen molar-refractivity contribution in [1.82, 2.24) is 3.71 Å². The SMILES string of the molecule is CCN(Sc1ccc(C(F)(F)F)cc1)S(=O)(=O)c1ccc(C)c(C(=O)O)c1. The van der Waals surface area contributed by atoms with Crippen molar-refractivity contribution in [2.45, 2.75) is 29.8 Å². The van der Waals surface area contributed by atoms with Gasteiger partial charge in [0, 0.05) is 11.4 Å². The predicted molar refractivity (Wildman–Crippen MR) is 95.0 cm³/mol. The third kappa shape index (κ3) is 4.82. The van der Waals surface area contributed by atoms with Crippen molar-refractivity contribution >= 4 is 27.9 Å². The first kappa shape index (κ1) is 21.3. The molecule has 0 radical (unpaired) electrons. The molecule has 0 spiro atoms. The molecule has 2 aromatic carbocycles. The Bertz CT molecular complexity index is 942. The van der Waals surface area contributed by atoms with Crippen molar-refractivity contribution in [3.63, 3.8) is 0 Å². The fourth-order valence-electron chi connectivity index (χ4n) is 2.22. The molecule has 2 aromatic rings. The van der Waals surface area contributed by atoms with Crippen molar-refractivity contribution in [1.29, 1.82) is 0 Å². The first-order valence-corrected chi connectivity index (χ1v) is 9.90. The number of hydrogen-bond acceptors (Lipinski definition) is 4. The Labute approximate surface area is 159 Å². The lowest BCUT2D eigenvalue weighted by Gasteiger charge is -2.20. The van der Waals surface area contributed by atoms with E-state index in [0.29, 0.717) is 10.5 Å². The van der Waals surface area contributed by atoms with Gasteiger partial charge in [-0.3, -0.25) is 0 Å². The molecular formula is C17H16F3NO4S2. The van der Waals surface area contributed by atoms with Crippen LogP contribution >= 0.6 is 11.9 Å². The number of aromatic carboxylic acids is 1. The van der Waals surface area contributed by atoms with Crippen LogP contribution in [0, 0.1) is 6.92 Å². The fraction of sp³-hybridized carbons (Fsp3) is 0.235. The van der Waals surface area contributed by atoms with Gasteiger partial charge in [-0.05, 0) is 60.8 Å². The quantitative estimate of drug-likeness (QED) is 0.701. The molecular weight excluding hydrogens is 403 g/mol. The summed E-state index contributed by atoms with van der Waals surface area (Å²) in [4.78, 5) is 11.3. The minimum atomic E-state index is -4.48. The number of aryl methyl sites for hydroxylation is 1. The number of nitrogens with zero attached hydrogens (tertiary/aromatic N) is 1. The van der Waals surface area contributed by atoms with Crippen LogP contribution in [0.2, 0.25) is 0 Å². The summed E-state index contributed by atoms with van der Waals surface area (Å²) in [6, 6.07) is 7.88. The van der Waals surface area contributed by atoms with E-state index < -0.39 is 27.7 Å². The third-order valence-corrected chi connectivity index (χ3v) is 7.05. The van der Waals surface area contributed by atoms with E-state index in [-0.39, 0.29) is 17.0 Å². The van der Waals surface area contributed by atoms with Crippen molar-refractivity contribution in [2.75, 3.05) is 6.54 Å². The van der Waals surface area contributed by atoms with Crippen LogP contribution in [-0.4, -0.2) is 29.7 Å². The molecule has 0 saturated carbocycles. The molecule has 5 nitrogen and oxygen atoms in total. The van der Waals surface area contributed by atoms with Gasteiger partial charge in [0.2, 0.25) is 0 Å². The van der Waals surface area contributed by atoms with Crippen molar-refractivity contribution < 1.29 is 31.5 Å². The predicted octanol–water partition coefficient (Wildman–Crippen LogP) is 4.43. The van der Waals surface area contributed by atoms with Crippen molar-refractivity contribution in [3.8, 4) is 0 Å². The number of alkyl halides is 3. The molecule has 0 amide bonds. The van der Waals surface area contributed by atoms with Gasteiger partial charge in [0.05, 0.1) is 16.0 Å². The highest BCUT2D eigenvalue weighted by Gasteiger charge is 2.30. The van der Waals surface area contributed by atoms with E-state index in [9.17, 15) is 31.5 Å². The van der Waals surface area contributed by atoms with Crippen LogP contribution in [0.5, 0.6) is 0 Å². The molecule has 0 saturated heterocycles. The molecule has 27 heavy (non-hydrogen) atoms. The molecule has 10 heteroatoms. The highest BCUT2D eigenvalue weighted by Crippen LogP contribution is 2.33. The zero-order valence-electron chi connectivity index (χ0n) is 14.3. The van der Waals surface area contributed by atoms with Gasteiger partial charge in [-0.15, -0.1) is 3.71 Å². The van der Waals surface area contributed by atoms with E-state index in [1.807, 2.05) is 0 Å². The second kappa shape index (κ2) is 7.91. The van der Waals surface area contributed by atoms with Gasteiger partial charge < -0.3 is 5.11 Å². The topological polar surface area (TPSA) is 74.7 Å². The summed E-state index contributed by atoms with van der Waals surface area (Å²) in [6.07, 6.45) is -4.48. The van der Waals surface area contributed by atoms with Gasteiger partial charge in [0.1, 0.15) is 0 Å². The Balaban J connectivity index is 2.33. The summed E-state index contributed by atoms with van der Waals surface area (Å²) >= 11 is 0.759. The van der Waals surface area contributed by atoms with Crippen LogP contribution in [0.25, 0.3) is 0 Å². The average Bonchev–Trinajstić information content (AvgIpc) is 2.59. The summed E-state index contributed by atoms with van der Waals surface area (Å²) in [5.74, 6) is -1.25. The zero-order chi connectivity index (χ0) is 20.4. The molecule has 0 fully saturated rings. The van der Waals surface area contributed by atoms with Crippen molar-refractivity contribution in [2.24, 2.45) is 0 Å². The summed E-state index contributed by atoms with van der Waals surface area (Å²) in [6.45, 7) is 3.15. The largest absolute Gasteiger partial charge is 0.478 e. The van der Waals surface area contributed by atoms with E-state index >= 15 is 0 Å². The number of hydrogen-bond donors (Lipinski definition) is 1. The Morgan fingerprint density at radius 3 is 2.22 bits per heavy atom. The highest BCUT2D eigenvalue weighted by atomic mass is 32.3. The number of carboxylic acids is 1. The van der Waals surface area contributed by atoms with E-state index in [4.69, 9.17) is 0 Å². The summed E-state index contributed by atoms with van der Waals surface area (Å²) in [7, 11) is -4.05. The van der Waals surface area contributed by atoms with Crippen LogP contribution in [0.3, 0.4) is 0 Å². The van der Waals surface area contributed by atoms with E-state index in [2.05, 4.69) is 0 Å². The smallest absolute Gasteiger partial charge is 0.416 e. The number of rotatable bonds is 6. The highest BCUT2D eigenvalue weighted by molar-refractivity contribution is 8.08. The molecule has 0 heterocycles. The Kier molecular flexibility index (Phi) is 6.23. The first-order valence-electron chi connectivity index (χ1n) is 7.68. The molecule has 146 valence electrons. The fourth-order valence-corrected chi connectivity index (χ4v) is 4.83. The normalized spacial score (nSPS) is 12.4. The number of benzene rings is 2. The Morgan fingerprint density at radius 2 is 1.74 bits per heavy atom. The van der Waals surface area contributed by atoms with Crippen LogP contribution in [0.1, 0.15) is 28.4 Å².